The third-order valence-corrected chi connectivity index (χ3v) is 3.41. The highest BCUT2D eigenvalue weighted by atomic mass is 35.5. The maximum Gasteiger partial charge on any atom is 0.390 e. The Morgan fingerprint density at radius 3 is 2.00 bits per heavy atom. The molecule has 1 aromatic rings. The van der Waals surface area contributed by atoms with Gasteiger partial charge >= 0.3 is 6.18 Å². The van der Waals surface area contributed by atoms with Crippen LogP contribution in [-0.2, 0) is 0 Å². The van der Waals surface area contributed by atoms with Crippen LogP contribution in [0.25, 0.3) is 0 Å². The molecule has 0 saturated carbocycles. The first-order chi connectivity index (χ1) is 9.78. The highest BCUT2D eigenvalue weighted by Crippen LogP contribution is 2.35. The molecule has 0 amide bonds. The number of hydrogen-bond donors (Lipinski definition) is 1. The van der Waals surface area contributed by atoms with Gasteiger partial charge in [0.1, 0.15) is 0 Å². The Morgan fingerprint density at radius 2 is 1.55 bits per heavy atom. The van der Waals surface area contributed by atoms with E-state index in [1.807, 2.05) is 0 Å². The van der Waals surface area contributed by atoms with Crippen LogP contribution in [0.5, 0.6) is 0 Å². The summed E-state index contributed by atoms with van der Waals surface area (Å²) in [6, 6.07) is 0.0463. The van der Waals surface area contributed by atoms with Crippen LogP contribution in [0, 0.1) is 17.5 Å². The molecule has 1 saturated heterocycles. The van der Waals surface area contributed by atoms with E-state index in [-0.39, 0.29) is 18.0 Å². The van der Waals surface area contributed by atoms with E-state index in [2.05, 4.69) is 5.32 Å². The fourth-order valence-corrected chi connectivity index (χ4v) is 2.44. The van der Waals surface area contributed by atoms with Gasteiger partial charge in [0.25, 0.3) is 0 Å². The molecule has 9 heteroatoms. The highest BCUT2D eigenvalue weighted by Gasteiger charge is 2.36. The first kappa shape index (κ1) is 19.1. The summed E-state index contributed by atoms with van der Waals surface area (Å²) >= 11 is 0. The van der Waals surface area contributed by atoms with E-state index in [1.54, 1.807) is 0 Å². The fourth-order valence-electron chi connectivity index (χ4n) is 2.44. The first-order valence-electron chi connectivity index (χ1n) is 6.44. The van der Waals surface area contributed by atoms with E-state index in [4.69, 9.17) is 0 Å². The zero-order valence-corrected chi connectivity index (χ0v) is 12.2. The van der Waals surface area contributed by atoms with E-state index >= 15 is 0 Å². The third kappa shape index (κ3) is 4.76. The average Bonchev–Trinajstić information content (AvgIpc) is 2.41. The lowest BCUT2D eigenvalue weighted by atomic mass is 10.00. The van der Waals surface area contributed by atoms with Crippen LogP contribution < -0.4 is 5.32 Å². The second kappa shape index (κ2) is 7.52. The van der Waals surface area contributed by atoms with Gasteiger partial charge in [-0.15, -0.1) is 12.4 Å². The molecule has 0 unspecified atom stereocenters. The number of rotatable bonds is 3. The molecule has 1 N–H and O–H groups in total. The summed E-state index contributed by atoms with van der Waals surface area (Å²) in [5, 5.41) is 2.98. The minimum atomic E-state index is -4.49. The number of halogens is 7. The predicted molar refractivity (Wildman–Crippen MR) is 71.4 cm³/mol. The molecule has 2 rings (SSSR count). The van der Waals surface area contributed by atoms with E-state index < -0.39 is 36.1 Å². The van der Waals surface area contributed by atoms with Crippen LogP contribution in [0.3, 0.4) is 0 Å². The van der Waals surface area contributed by atoms with Gasteiger partial charge in [-0.05, 0) is 17.7 Å². The van der Waals surface area contributed by atoms with E-state index in [9.17, 15) is 26.3 Å². The van der Waals surface area contributed by atoms with E-state index in [0.717, 1.165) is 0 Å². The molecule has 0 radical (unpaired) electrons. The Bertz CT molecular complexity index is 479. The topological polar surface area (TPSA) is 15.3 Å². The van der Waals surface area contributed by atoms with Crippen molar-refractivity contribution in [1.82, 2.24) is 10.2 Å². The summed E-state index contributed by atoms with van der Waals surface area (Å²) in [5.74, 6) is -4.63. The minimum absolute atomic E-state index is 0. The summed E-state index contributed by atoms with van der Waals surface area (Å²) in [4.78, 5) is 1.50. The van der Waals surface area contributed by atoms with Crippen LogP contribution in [-0.4, -0.2) is 37.3 Å². The number of hydrogen-bond acceptors (Lipinski definition) is 2. The molecular formula is C13H15ClF6N2. The van der Waals surface area contributed by atoms with Crippen molar-refractivity contribution in [2.75, 3.05) is 26.2 Å². The summed E-state index contributed by atoms with van der Waals surface area (Å²) in [6.07, 6.45) is -5.73. The summed E-state index contributed by atoms with van der Waals surface area (Å²) in [7, 11) is 0. The summed E-state index contributed by atoms with van der Waals surface area (Å²) < 4.78 is 77.7. The van der Waals surface area contributed by atoms with Crippen LogP contribution in [0.15, 0.2) is 12.1 Å². The number of nitrogens with zero attached hydrogens (tertiary/aromatic N) is 1. The summed E-state index contributed by atoms with van der Waals surface area (Å²) in [5.41, 5.74) is -0.203. The third-order valence-electron chi connectivity index (χ3n) is 3.41. The van der Waals surface area contributed by atoms with Gasteiger partial charge in [-0.3, -0.25) is 4.90 Å². The lowest BCUT2D eigenvalue weighted by Crippen LogP contribution is -2.46. The maximum atomic E-state index is 13.3. The van der Waals surface area contributed by atoms with Gasteiger partial charge in [0.05, 0.1) is 6.42 Å². The molecule has 0 bridgehead atoms. The van der Waals surface area contributed by atoms with E-state index in [1.165, 1.54) is 4.90 Å². The zero-order chi connectivity index (χ0) is 15.6. The monoisotopic (exact) mass is 348 g/mol. The van der Waals surface area contributed by atoms with Gasteiger partial charge in [0, 0.05) is 32.2 Å². The number of benzene rings is 1. The molecule has 1 heterocycles. The molecule has 2 nitrogen and oxygen atoms in total. The van der Waals surface area contributed by atoms with Crippen molar-refractivity contribution in [3.8, 4) is 0 Å². The first-order valence-corrected chi connectivity index (χ1v) is 6.44. The molecular weight excluding hydrogens is 334 g/mol. The van der Waals surface area contributed by atoms with Crippen LogP contribution in [0.1, 0.15) is 18.0 Å². The van der Waals surface area contributed by atoms with Gasteiger partial charge in [0.2, 0.25) is 0 Å². The Hall–Kier alpha value is -0.990. The van der Waals surface area contributed by atoms with Crippen LogP contribution in [0.2, 0.25) is 0 Å². The smallest absolute Gasteiger partial charge is 0.314 e. The van der Waals surface area contributed by atoms with Gasteiger partial charge in [-0.2, -0.15) is 13.2 Å². The average molecular weight is 349 g/mol. The Morgan fingerprint density at radius 1 is 1.05 bits per heavy atom. The van der Waals surface area contributed by atoms with E-state index in [0.29, 0.717) is 38.3 Å². The lowest BCUT2D eigenvalue weighted by molar-refractivity contribution is -0.148. The Kier molecular flexibility index (Phi) is 6.51. The van der Waals surface area contributed by atoms with Gasteiger partial charge < -0.3 is 5.32 Å². The molecule has 1 fully saturated rings. The molecule has 126 valence electrons. The van der Waals surface area contributed by atoms with Gasteiger partial charge in [-0.25, -0.2) is 13.2 Å². The van der Waals surface area contributed by atoms with Gasteiger partial charge in [0.15, 0.2) is 17.5 Å². The number of piperazine rings is 1. The second-order valence-corrected chi connectivity index (χ2v) is 4.92. The summed E-state index contributed by atoms with van der Waals surface area (Å²) in [6.45, 7) is 1.61. The van der Waals surface area contributed by atoms with Crippen molar-refractivity contribution < 1.29 is 26.3 Å². The highest BCUT2D eigenvalue weighted by molar-refractivity contribution is 5.85. The standard InChI is InChI=1S/C13H14F6N2.ClH/c14-9-5-8(6-10(15)12(9)16)11(7-13(17,18)19)21-3-1-20-2-4-21;/h5-6,11,20H,1-4,7H2;1H/t11-;/m0./s1. The molecule has 22 heavy (non-hydrogen) atoms. The molecule has 1 atom stereocenters. The minimum Gasteiger partial charge on any atom is -0.314 e. The molecule has 0 spiro atoms. The van der Waals surface area contributed by atoms with Crippen molar-refractivity contribution in [2.24, 2.45) is 0 Å². The number of nitrogens with one attached hydrogen (secondary N) is 1. The van der Waals surface area contributed by atoms with Crippen LogP contribution >= 0.6 is 12.4 Å². The molecule has 1 aromatic carbocycles. The van der Waals surface area contributed by atoms with Crippen molar-refractivity contribution in [3.05, 3.63) is 35.1 Å². The van der Waals surface area contributed by atoms with Gasteiger partial charge in [-0.1, -0.05) is 0 Å². The second-order valence-electron chi connectivity index (χ2n) is 4.92. The SMILES string of the molecule is Cl.Fc1cc([C@H](CC(F)(F)F)N2CCNCC2)cc(F)c1F. The van der Waals surface area contributed by atoms with Crippen molar-refractivity contribution in [2.45, 2.75) is 18.6 Å². The molecule has 1 aliphatic rings. The predicted octanol–water partition coefficient (Wildman–Crippen LogP) is 3.42. The lowest BCUT2D eigenvalue weighted by Gasteiger charge is -2.35. The van der Waals surface area contributed by atoms with Crippen molar-refractivity contribution >= 4 is 12.4 Å². The quantitative estimate of drug-likeness (QED) is 0.665. The fraction of sp³-hybridized carbons (Fsp3) is 0.538. The number of alkyl halides is 3. The molecule has 0 aromatic heterocycles. The van der Waals surface area contributed by atoms with Crippen molar-refractivity contribution in [1.29, 1.82) is 0 Å². The normalized spacial score (nSPS) is 17.9. The Labute approximate surface area is 129 Å². The molecule has 0 aliphatic carbocycles. The molecule has 1 aliphatic heterocycles. The maximum absolute atomic E-state index is 13.3. The van der Waals surface area contributed by atoms with Crippen LogP contribution in [0.4, 0.5) is 26.3 Å². The van der Waals surface area contributed by atoms with Crippen molar-refractivity contribution in [3.63, 3.8) is 0 Å². The zero-order valence-electron chi connectivity index (χ0n) is 11.4. The largest absolute Gasteiger partial charge is 0.390 e. The Balaban J connectivity index is 0.00000242.